The molecular formula is C27H39N. The third-order valence-electron chi connectivity index (χ3n) is 6.59. The molecule has 1 aromatic carbocycles. The quantitative estimate of drug-likeness (QED) is 0.379. The molecule has 0 spiro atoms. The fourth-order valence-corrected chi connectivity index (χ4v) is 4.75. The highest BCUT2D eigenvalue weighted by molar-refractivity contribution is 5.62. The second-order valence-electron chi connectivity index (χ2n) is 8.84. The Morgan fingerprint density at radius 3 is 2.11 bits per heavy atom. The first-order valence-electron chi connectivity index (χ1n) is 11.9. The van der Waals surface area contributed by atoms with Crippen LogP contribution in [-0.4, -0.2) is 4.98 Å². The summed E-state index contributed by atoms with van der Waals surface area (Å²) in [6.07, 6.45) is 18.5. The maximum Gasteiger partial charge on any atom is 0.0434 e. The van der Waals surface area contributed by atoms with Crippen molar-refractivity contribution in [2.24, 2.45) is 5.92 Å². The molecule has 2 aromatic rings. The van der Waals surface area contributed by atoms with Crippen LogP contribution < -0.4 is 0 Å². The van der Waals surface area contributed by atoms with Crippen molar-refractivity contribution >= 4 is 0 Å². The minimum Gasteiger partial charge on any atom is -0.260 e. The number of benzene rings is 1. The molecule has 1 heterocycles. The largest absolute Gasteiger partial charge is 0.260 e. The molecule has 0 N–H and O–H groups in total. The second kappa shape index (κ2) is 11.4. The van der Waals surface area contributed by atoms with Crippen LogP contribution in [-0.2, 0) is 6.42 Å². The van der Waals surface area contributed by atoms with Gasteiger partial charge in [0.25, 0.3) is 0 Å². The molecule has 152 valence electrons. The first-order valence-corrected chi connectivity index (χ1v) is 11.9. The van der Waals surface area contributed by atoms with E-state index in [4.69, 9.17) is 4.98 Å². The first kappa shape index (κ1) is 21.1. The lowest BCUT2D eigenvalue weighted by atomic mass is 9.78. The predicted molar refractivity (Wildman–Crippen MR) is 122 cm³/mol. The summed E-state index contributed by atoms with van der Waals surface area (Å²) >= 11 is 0. The van der Waals surface area contributed by atoms with E-state index in [0.717, 1.165) is 5.92 Å². The van der Waals surface area contributed by atoms with Crippen LogP contribution in [0, 0.1) is 5.92 Å². The van der Waals surface area contributed by atoms with Gasteiger partial charge in [0.1, 0.15) is 0 Å². The van der Waals surface area contributed by atoms with Crippen molar-refractivity contribution in [1.82, 2.24) is 4.98 Å². The summed E-state index contributed by atoms with van der Waals surface area (Å²) in [7, 11) is 0. The summed E-state index contributed by atoms with van der Waals surface area (Å²) in [4.78, 5) is 4.86. The third kappa shape index (κ3) is 6.19. The van der Waals surface area contributed by atoms with Gasteiger partial charge in [0.15, 0.2) is 0 Å². The monoisotopic (exact) mass is 377 g/mol. The van der Waals surface area contributed by atoms with Crippen LogP contribution in [0.1, 0.15) is 102 Å². The number of pyridine rings is 1. The molecule has 0 radical (unpaired) electrons. The number of nitrogens with zero attached hydrogens (tertiary/aromatic N) is 1. The number of hydrogen-bond donors (Lipinski definition) is 0. The maximum atomic E-state index is 4.86. The lowest BCUT2D eigenvalue weighted by Gasteiger charge is -2.28. The van der Waals surface area contributed by atoms with E-state index in [-0.39, 0.29) is 0 Å². The van der Waals surface area contributed by atoms with Gasteiger partial charge in [-0.15, -0.1) is 0 Å². The van der Waals surface area contributed by atoms with Crippen LogP contribution in [0.25, 0.3) is 11.1 Å². The lowest BCUT2D eigenvalue weighted by molar-refractivity contribution is 0.299. The molecule has 1 aliphatic carbocycles. The van der Waals surface area contributed by atoms with E-state index in [2.05, 4.69) is 56.4 Å². The first-order chi connectivity index (χ1) is 13.8. The molecule has 1 heteroatoms. The highest BCUT2D eigenvalue weighted by Gasteiger charge is 2.22. The van der Waals surface area contributed by atoms with Crippen molar-refractivity contribution in [3.05, 3.63) is 53.9 Å². The molecule has 0 bridgehead atoms. The summed E-state index contributed by atoms with van der Waals surface area (Å²) in [5, 5.41) is 0. The van der Waals surface area contributed by atoms with E-state index in [9.17, 15) is 0 Å². The minimum atomic E-state index is 0.678. The average molecular weight is 378 g/mol. The Kier molecular flexibility index (Phi) is 8.58. The SMILES string of the molecule is CCCCCCC[C@H]1CC[C@H](c2ccc(-c3ccc(CCC)cc3)cn2)CC1. The zero-order valence-corrected chi connectivity index (χ0v) is 18.1. The highest BCUT2D eigenvalue weighted by Crippen LogP contribution is 2.37. The van der Waals surface area contributed by atoms with Crippen molar-refractivity contribution in [2.75, 3.05) is 0 Å². The molecule has 1 nitrogen and oxygen atoms in total. The van der Waals surface area contributed by atoms with Gasteiger partial charge in [-0.1, -0.05) is 89.1 Å². The minimum absolute atomic E-state index is 0.678. The number of rotatable bonds is 10. The van der Waals surface area contributed by atoms with Crippen molar-refractivity contribution in [3.63, 3.8) is 0 Å². The molecule has 1 aromatic heterocycles. The number of aromatic nitrogens is 1. The highest BCUT2D eigenvalue weighted by atomic mass is 14.7. The van der Waals surface area contributed by atoms with Gasteiger partial charge in [0.2, 0.25) is 0 Å². The van der Waals surface area contributed by atoms with Crippen LogP contribution in [0.3, 0.4) is 0 Å². The molecule has 0 atom stereocenters. The molecule has 28 heavy (non-hydrogen) atoms. The summed E-state index contributed by atoms with van der Waals surface area (Å²) in [5.41, 5.74) is 5.27. The Morgan fingerprint density at radius 1 is 0.750 bits per heavy atom. The van der Waals surface area contributed by atoms with Crippen LogP contribution in [0.4, 0.5) is 0 Å². The molecule has 0 aliphatic heterocycles. The summed E-state index contributed by atoms with van der Waals surface area (Å²) in [5.74, 6) is 1.65. The van der Waals surface area contributed by atoms with Gasteiger partial charge < -0.3 is 0 Å². The van der Waals surface area contributed by atoms with Gasteiger partial charge >= 0.3 is 0 Å². The van der Waals surface area contributed by atoms with E-state index in [1.54, 1.807) is 0 Å². The fourth-order valence-electron chi connectivity index (χ4n) is 4.75. The number of hydrogen-bond acceptors (Lipinski definition) is 1. The van der Waals surface area contributed by atoms with Crippen LogP contribution >= 0.6 is 0 Å². The second-order valence-corrected chi connectivity index (χ2v) is 8.84. The van der Waals surface area contributed by atoms with Gasteiger partial charge in [-0.3, -0.25) is 4.98 Å². The molecule has 1 aliphatic rings. The Labute approximate surface area is 173 Å². The van der Waals surface area contributed by atoms with Crippen molar-refractivity contribution in [2.45, 2.75) is 96.8 Å². The molecule has 0 amide bonds. The summed E-state index contributed by atoms with van der Waals surface area (Å²) < 4.78 is 0. The Hall–Kier alpha value is -1.63. The molecule has 3 rings (SSSR count). The molecular weight excluding hydrogens is 338 g/mol. The summed E-state index contributed by atoms with van der Waals surface area (Å²) in [6, 6.07) is 13.6. The van der Waals surface area contributed by atoms with Gasteiger partial charge in [-0.05, 0) is 55.2 Å². The maximum absolute atomic E-state index is 4.86. The van der Waals surface area contributed by atoms with Crippen LogP contribution in [0.15, 0.2) is 42.6 Å². The van der Waals surface area contributed by atoms with Crippen molar-refractivity contribution < 1.29 is 0 Å². The fraction of sp³-hybridized carbons (Fsp3) is 0.593. The summed E-state index contributed by atoms with van der Waals surface area (Å²) in [6.45, 7) is 4.53. The standard InChI is InChI=1S/C27H39N/c1-3-5-6-7-8-10-23-13-17-25(18-14-23)27-20-19-26(21-28-27)24-15-11-22(9-4-2)12-16-24/h11-12,15-16,19-21,23,25H,3-10,13-14,17-18H2,1-2H3/t23-,25-. The molecule has 1 fully saturated rings. The van der Waals surface area contributed by atoms with E-state index in [1.165, 1.54) is 99.4 Å². The predicted octanol–water partition coefficient (Wildman–Crippen LogP) is 8.34. The lowest BCUT2D eigenvalue weighted by Crippen LogP contribution is -2.14. The van der Waals surface area contributed by atoms with Crippen molar-refractivity contribution in [3.8, 4) is 11.1 Å². The van der Waals surface area contributed by atoms with Gasteiger partial charge in [0, 0.05) is 23.4 Å². The molecule has 1 saturated carbocycles. The number of unbranched alkanes of at least 4 members (excludes halogenated alkanes) is 4. The Morgan fingerprint density at radius 2 is 1.46 bits per heavy atom. The molecule has 0 unspecified atom stereocenters. The van der Waals surface area contributed by atoms with Crippen molar-refractivity contribution in [1.29, 1.82) is 0 Å². The van der Waals surface area contributed by atoms with Gasteiger partial charge in [0.05, 0.1) is 0 Å². The van der Waals surface area contributed by atoms with Crippen LogP contribution in [0.5, 0.6) is 0 Å². The zero-order valence-electron chi connectivity index (χ0n) is 18.1. The van der Waals surface area contributed by atoms with E-state index in [0.29, 0.717) is 5.92 Å². The van der Waals surface area contributed by atoms with E-state index in [1.807, 2.05) is 0 Å². The molecule has 0 saturated heterocycles. The van der Waals surface area contributed by atoms with E-state index < -0.39 is 0 Å². The zero-order chi connectivity index (χ0) is 19.6. The number of aryl methyl sites for hydroxylation is 1. The third-order valence-corrected chi connectivity index (χ3v) is 6.59. The Balaban J connectivity index is 1.46. The van der Waals surface area contributed by atoms with Gasteiger partial charge in [-0.2, -0.15) is 0 Å². The Bertz CT molecular complexity index is 662. The van der Waals surface area contributed by atoms with Crippen LogP contribution in [0.2, 0.25) is 0 Å². The normalized spacial score (nSPS) is 19.6. The van der Waals surface area contributed by atoms with E-state index >= 15 is 0 Å². The topological polar surface area (TPSA) is 12.9 Å². The average Bonchev–Trinajstić information content (AvgIpc) is 2.75. The smallest absolute Gasteiger partial charge is 0.0434 e. The van der Waals surface area contributed by atoms with Gasteiger partial charge in [-0.25, -0.2) is 0 Å².